The summed E-state index contributed by atoms with van der Waals surface area (Å²) in [6.07, 6.45) is 1.56. The van der Waals surface area contributed by atoms with E-state index in [0.29, 0.717) is 19.6 Å². The summed E-state index contributed by atoms with van der Waals surface area (Å²) in [7, 11) is 0. The van der Waals surface area contributed by atoms with Gasteiger partial charge in [-0.05, 0) is 36.1 Å². The Morgan fingerprint density at radius 2 is 1.87 bits per heavy atom. The Morgan fingerprint density at radius 3 is 2.57 bits per heavy atom. The fourth-order valence-electron chi connectivity index (χ4n) is 2.35. The molecule has 2 rings (SSSR count). The van der Waals surface area contributed by atoms with Gasteiger partial charge >= 0.3 is 0 Å². The van der Waals surface area contributed by atoms with Gasteiger partial charge in [-0.15, -0.1) is 0 Å². The van der Waals surface area contributed by atoms with E-state index in [4.69, 9.17) is 10.5 Å². The first-order valence-corrected chi connectivity index (χ1v) is 7.95. The zero-order valence-corrected chi connectivity index (χ0v) is 13.5. The van der Waals surface area contributed by atoms with E-state index in [9.17, 15) is 4.79 Å². The first-order chi connectivity index (χ1) is 11.2. The molecule has 3 N–H and O–H groups in total. The van der Waals surface area contributed by atoms with Gasteiger partial charge in [-0.3, -0.25) is 4.79 Å². The van der Waals surface area contributed by atoms with Crippen molar-refractivity contribution in [2.45, 2.75) is 32.4 Å². The zero-order valence-electron chi connectivity index (χ0n) is 13.5. The van der Waals surface area contributed by atoms with Crippen molar-refractivity contribution >= 4 is 11.6 Å². The number of benzene rings is 2. The number of nitrogens with one attached hydrogen (secondary N) is 1. The first-order valence-electron chi connectivity index (χ1n) is 7.95. The minimum Gasteiger partial charge on any atom is -0.376 e. The Kier molecular flexibility index (Phi) is 6.63. The van der Waals surface area contributed by atoms with Gasteiger partial charge in [0.05, 0.1) is 13.2 Å². The topological polar surface area (TPSA) is 64.3 Å². The fourth-order valence-corrected chi connectivity index (χ4v) is 2.35. The van der Waals surface area contributed by atoms with Crippen LogP contribution in [0, 0.1) is 0 Å². The third-order valence-electron chi connectivity index (χ3n) is 3.67. The summed E-state index contributed by atoms with van der Waals surface area (Å²) >= 11 is 0. The standard InChI is InChI=1S/C19H24N2O2/c1-2-18(19(20)22)21-17-10-6-9-16(13-17)14-23-12-11-15-7-4-3-5-8-15/h3-10,13,18,21H,2,11-12,14H2,1H3,(H2,20,22). The van der Waals surface area contributed by atoms with E-state index in [2.05, 4.69) is 17.4 Å². The molecular weight excluding hydrogens is 288 g/mol. The number of ether oxygens (including phenoxy) is 1. The van der Waals surface area contributed by atoms with Crippen molar-refractivity contribution in [2.24, 2.45) is 5.73 Å². The van der Waals surface area contributed by atoms with Gasteiger partial charge in [0.25, 0.3) is 0 Å². The molecular formula is C19H24N2O2. The Bertz CT molecular complexity index is 614. The number of anilines is 1. The van der Waals surface area contributed by atoms with Gasteiger partial charge in [0.15, 0.2) is 0 Å². The lowest BCUT2D eigenvalue weighted by atomic mass is 10.1. The number of hydrogen-bond acceptors (Lipinski definition) is 3. The summed E-state index contributed by atoms with van der Waals surface area (Å²) in [6.45, 7) is 3.16. The third kappa shape index (κ3) is 5.75. The van der Waals surface area contributed by atoms with Crippen LogP contribution in [-0.2, 0) is 22.6 Å². The number of rotatable bonds is 9. The van der Waals surface area contributed by atoms with Crippen molar-refractivity contribution in [3.8, 4) is 0 Å². The van der Waals surface area contributed by atoms with Gasteiger partial charge in [0, 0.05) is 5.69 Å². The largest absolute Gasteiger partial charge is 0.376 e. The lowest BCUT2D eigenvalue weighted by Gasteiger charge is -2.15. The van der Waals surface area contributed by atoms with Crippen molar-refractivity contribution in [1.82, 2.24) is 0 Å². The quantitative estimate of drug-likeness (QED) is 0.699. The second-order valence-electron chi connectivity index (χ2n) is 5.50. The van der Waals surface area contributed by atoms with Crippen LogP contribution in [0.25, 0.3) is 0 Å². The molecule has 0 saturated carbocycles. The Labute approximate surface area is 137 Å². The highest BCUT2D eigenvalue weighted by molar-refractivity contribution is 5.82. The maximum absolute atomic E-state index is 11.3. The molecule has 0 fully saturated rings. The molecule has 0 aromatic heterocycles. The van der Waals surface area contributed by atoms with Crippen molar-refractivity contribution < 1.29 is 9.53 Å². The second kappa shape index (κ2) is 8.96. The highest BCUT2D eigenvalue weighted by atomic mass is 16.5. The summed E-state index contributed by atoms with van der Waals surface area (Å²) in [4.78, 5) is 11.3. The van der Waals surface area contributed by atoms with Crippen LogP contribution in [0.2, 0.25) is 0 Å². The minimum absolute atomic E-state index is 0.336. The highest BCUT2D eigenvalue weighted by Gasteiger charge is 2.12. The molecule has 2 aromatic rings. The second-order valence-corrected chi connectivity index (χ2v) is 5.50. The van der Waals surface area contributed by atoms with Crippen molar-refractivity contribution in [1.29, 1.82) is 0 Å². The van der Waals surface area contributed by atoms with Gasteiger partial charge in [-0.25, -0.2) is 0 Å². The predicted octanol–water partition coefficient (Wildman–Crippen LogP) is 3.12. The van der Waals surface area contributed by atoms with Crippen molar-refractivity contribution in [3.63, 3.8) is 0 Å². The molecule has 23 heavy (non-hydrogen) atoms. The van der Waals surface area contributed by atoms with Crippen LogP contribution in [0.4, 0.5) is 5.69 Å². The molecule has 0 aliphatic carbocycles. The van der Waals surface area contributed by atoms with E-state index in [-0.39, 0.29) is 11.9 Å². The number of primary amides is 1. The number of nitrogens with two attached hydrogens (primary N) is 1. The molecule has 122 valence electrons. The smallest absolute Gasteiger partial charge is 0.239 e. The monoisotopic (exact) mass is 312 g/mol. The summed E-state index contributed by atoms with van der Waals surface area (Å²) in [5, 5.41) is 3.15. The molecule has 0 aliphatic rings. The zero-order chi connectivity index (χ0) is 16.5. The summed E-state index contributed by atoms with van der Waals surface area (Å²) in [5.74, 6) is -0.336. The van der Waals surface area contributed by atoms with Crippen molar-refractivity contribution in [2.75, 3.05) is 11.9 Å². The van der Waals surface area contributed by atoms with Gasteiger partial charge < -0.3 is 15.8 Å². The predicted molar refractivity (Wildman–Crippen MR) is 93.1 cm³/mol. The number of hydrogen-bond donors (Lipinski definition) is 2. The van der Waals surface area contributed by atoms with E-state index in [1.54, 1.807) is 0 Å². The molecule has 2 aromatic carbocycles. The SMILES string of the molecule is CCC(Nc1cccc(COCCc2ccccc2)c1)C(N)=O. The Morgan fingerprint density at radius 1 is 1.13 bits per heavy atom. The fraction of sp³-hybridized carbons (Fsp3) is 0.316. The average molecular weight is 312 g/mol. The van der Waals surface area contributed by atoms with Crippen LogP contribution in [0.1, 0.15) is 24.5 Å². The third-order valence-corrected chi connectivity index (χ3v) is 3.67. The maximum Gasteiger partial charge on any atom is 0.239 e. The van der Waals surface area contributed by atoms with Gasteiger partial charge in [-0.2, -0.15) is 0 Å². The molecule has 0 radical (unpaired) electrons. The Hall–Kier alpha value is -2.33. The summed E-state index contributed by atoms with van der Waals surface area (Å²) in [5.41, 5.74) is 8.59. The van der Waals surface area contributed by atoms with Crippen LogP contribution in [0.5, 0.6) is 0 Å². The van der Waals surface area contributed by atoms with Gasteiger partial charge in [0.1, 0.15) is 6.04 Å². The number of carbonyl (C=O) groups is 1. The summed E-state index contributed by atoms with van der Waals surface area (Å²) in [6, 6.07) is 17.8. The lowest BCUT2D eigenvalue weighted by Crippen LogP contribution is -2.34. The normalized spacial score (nSPS) is 11.9. The van der Waals surface area contributed by atoms with Gasteiger partial charge in [-0.1, -0.05) is 49.4 Å². The lowest BCUT2D eigenvalue weighted by molar-refractivity contribution is -0.118. The van der Waals surface area contributed by atoms with Crippen LogP contribution in [0.15, 0.2) is 54.6 Å². The highest BCUT2D eigenvalue weighted by Crippen LogP contribution is 2.14. The van der Waals surface area contributed by atoms with E-state index >= 15 is 0 Å². The molecule has 0 spiro atoms. The molecule has 1 unspecified atom stereocenters. The molecule has 0 saturated heterocycles. The van der Waals surface area contributed by atoms with E-state index < -0.39 is 0 Å². The molecule has 0 aliphatic heterocycles. The maximum atomic E-state index is 11.3. The Balaban J connectivity index is 1.81. The van der Waals surface area contributed by atoms with E-state index in [0.717, 1.165) is 17.7 Å². The van der Waals surface area contributed by atoms with Crippen molar-refractivity contribution in [3.05, 3.63) is 65.7 Å². The van der Waals surface area contributed by atoms with Crippen LogP contribution >= 0.6 is 0 Å². The van der Waals surface area contributed by atoms with Crippen LogP contribution in [-0.4, -0.2) is 18.6 Å². The van der Waals surface area contributed by atoms with E-state index in [1.807, 2.05) is 49.4 Å². The first kappa shape index (κ1) is 17.0. The average Bonchev–Trinajstić information content (AvgIpc) is 2.57. The van der Waals surface area contributed by atoms with E-state index in [1.165, 1.54) is 5.56 Å². The van der Waals surface area contributed by atoms with Gasteiger partial charge in [0.2, 0.25) is 5.91 Å². The molecule has 1 atom stereocenters. The molecule has 0 heterocycles. The van der Waals surface area contributed by atoms with Crippen LogP contribution in [0.3, 0.4) is 0 Å². The van der Waals surface area contributed by atoms with Crippen LogP contribution < -0.4 is 11.1 Å². The minimum atomic E-state index is -0.343. The molecule has 1 amide bonds. The number of carbonyl (C=O) groups excluding carboxylic acids is 1. The molecule has 4 nitrogen and oxygen atoms in total. The summed E-state index contributed by atoms with van der Waals surface area (Å²) < 4.78 is 5.74. The molecule has 0 bridgehead atoms. The molecule has 4 heteroatoms. The number of amides is 1.